The number of hydrogen-bond acceptors (Lipinski definition) is 3. The zero-order valence-corrected chi connectivity index (χ0v) is 16.1. The van der Waals surface area contributed by atoms with Gasteiger partial charge < -0.3 is 9.30 Å². The average Bonchev–Trinajstić information content (AvgIpc) is 2.94. The number of benzene rings is 2. The van der Waals surface area contributed by atoms with Gasteiger partial charge in [-0.15, -0.1) is 6.58 Å². The number of aryl methyl sites for hydroxylation is 2. The Morgan fingerprint density at radius 1 is 1.27 bits per heavy atom. The molecule has 0 unspecified atom stereocenters. The van der Waals surface area contributed by atoms with Crippen LogP contribution in [0.4, 0.5) is 0 Å². The molecule has 3 rings (SSSR count). The molecule has 0 aliphatic rings. The molecule has 0 N–H and O–H groups in total. The number of allylic oxidation sites excluding steroid dienone is 1. The summed E-state index contributed by atoms with van der Waals surface area (Å²) in [5.41, 5.74) is 4.30. The van der Waals surface area contributed by atoms with Crippen molar-refractivity contribution in [2.24, 2.45) is 4.99 Å². The van der Waals surface area contributed by atoms with Gasteiger partial charge in [0, 0.05) is 6.54 Å². The Labute approximate surface area is 157 Å². The Morgan fingerprint density at radius 2 is 2.08 bits per heavy atom. The summed E-state index contributed by atoms with van der Waals surface area (Å²) in [6.07, 6.45) is 2.11. The summed E-state index contributed by atoms with van der Waals surface area (Å²) < 4.78 is 8.33. The summed E-state index contributed by atoms with van der Waals surface area (Å²) in [5.74, 6) is 0.646. The van der Waals surface area contributed by atoms with Gasteiger partial charge >= 0.3 is 0 Å². The van der Waals surface area contributed by atoms with Crippen molar-refractivity contribution >= 4 is 27.5 Å². The highest BCUT2D eigenvalue weighted by molar-refractivity contribution is 7.16. The first-order valence-corrected chi connectivity index (χ1v) is 9.25. The van der Waals surface area contributed by atoms with Crippen LogP contribution in [0.2, 0.25) is 0 Å². The van der Waals surface area contributed by atoms with E-state index in [-0.39, 0.29) is 5.91 Å². The lowest BCUT2D eigenvalue weighted by molar-refractivity contribution is -0.117. The standard InChI is InChI=1S/C21H22N2O2S/c1-5-10-23-18-9-8-17(25-4)13-19(18)26-21(23)22-20(24)12-16-11-14(2)6-7-15(16)3/h5-9,11,13H,1,10,12H2,2-4H3. The second-order valence-electron chi connectivity index (χ2n) is 6.23. The van der Waals surface area contributed by atoms with Gasteiger partial charge in [0.25, 0.3) is 5.91 Å². The minimum atomic E-state index is -0.143. The number of thiazole rings is 1. The molecular formula is C21H22N2O2S. The number of ether oxygens (including phenoxy) is 1. The van der Waals surface area contributed by atoms with Crippen LogP contribution < -0.4 is 9.54 Å². The van der Waals surface area contributed by atoms with Gasteiger partial charge in [0.2, 0.25) is 0 Å². The topological polar surface area (TPSA) is 43.6 Å². The van der Waals surface area contributed by atoms with Crippen molar-refractivity contribution in [3.8, 4) is 5.75 Å². The maximum atomic E-state index is 12.6. The van der Waals surface area contributed by atoms with Crippen LogP contribution in [-0.4, -0.2) is 17.6 Å². The molecule has 3 aromatic rings. The molecule has 1 heterocycles. The fourth-order valence-corrected chi connectivity index (χ4v) is 3.96. The molecule has 1 aromatic heterocycles. The van der Waals surface area contributed by atoms with E-state index in [9.17, 15) is 4.79 Å². The quantitative estimate of drug-likeness (QED) is 0.636. The fourth-order valence-electron chi connectivity index (χ4n) is 2.87. The van der Waals surface area contributed by atoms with Crippen molar-refractivity contribution in [2.45, 2.75) is 26.8 Å². The minimum Gasteiger partial charge on any atom is -0.497 e. The van der Waals surface area contributed by atoms with Crippen LogP contribution >= 0.6 is 11.3 Å². The average molecular weight is 366 g/mol. The minimum absolute atomic E-state index is 0.143. The highest BCUT2D eigenvalue weighted by Crippen LogP contribution is 2.23. The van der Waals surface area contributed by atoms with Gasteiger partial charge in [-0.25, -0.2) is 0 Å². The molecule has 0 aliphatic carbocycles. The van der Waals surface area contributed by atoms with Crippen molar-refractivity contribution in [3.05, 3.63) is 70.5 Å². The van der Waals surface area contributed by atoms with Gasteiger partial charge in [-0.3, -0.25) is 4.79 Å². The molecule has 0 fully saturated rings. The van der Waals surface area contributed by atoms with Crippen LogP contribution in [-0.2, 0) is 17.8 Å². The summed E-state index contributed by atoms with van der Waals surface area (Å²) in [4.78, 5) is 17.7. The van der Waals surface area contributed by atoms with E-state index >= 15 is 0 Å². The molecule has 0 bridgehead atoms. The number of methoxy groups -OCH3 is 1. The molecule has 0 aliphatic heterocycles. The lowest BCUT2D eigenvalue weighted by atomic mass is 10.0. The number of nitrogens with zero attached hydrogens (tertiary/aromatic N) is 2. The molecule has 0 spiro atoms. The molecule has 0 radical (unpaired) electrons. The Balaban J connectivity index is 2.02. The molecule has 0 saturated carbocycles. The van der Waals surface area contributed by atoms with E-state index in [1.165, 1.54) is 11.3 Å². The molecule has 0 atom stereocenters. The molecular weight excluding hydrogens is 344 g/mol. The summed E-state index contributed by atoms with van der Waals surface area (Å²) in [6.45, 7) is 8.47. The Morgan fingerprint density at radius 3 is 2.81 bits per heavy atom. The largest absolute Gasteiger partial charge is 0.497 e. The molecule has 5 heteroatoms. The predicted octanol–water partition coefficient (Wildman–Crippen LogP) is 4.18. The predicted molar refractivity (Wildman–Crippen MR) is 107 cm³/mol. The molecule has 4 nitrogen and oxygen atoms in total. The maximum Gasteiger partial charge on any atom is 0.252 e. The molecule has 1 amide bonds. The van der Waals surface area contributed by atoms with E-state index in [4.69, 9.17) is 4.74 Å². The third-order valence-corrected chi connectivity index (χ3v) is 5.31. The summed E-state index contributed by atoms with van der Waals surface area (Å²) in [7, 11) is 1.64. The monoisotopic (exact) mass is 366 g/mol. The lowest BCUT2D eigenvalue weighted by Gasteiger charge is -2.05. The van der Waals surface area contributed by atoms with Gasteiger partial charge in [0.1, 0.15) is 5.75 Å². The van der Waals surface area contributed by atoms with Crippen LogP contribution in [0.15, 0.2) is 54.0 Å². The van der Waals surface area contributed by atoms with Crippen LogP contribution in [0.3, 0.4) is 0 Å². The van der Waals surface area contributed by atoms with Gasteiger partial charge in [-0.05, 0) is 43.2 Å². The van der Waals surface area contributed by atoms with E-state index in [1.807, 2.05) is 48.8 Å². The third kappa shape index (κ3) is 3.78. The number of rotatable bonds is 5. The normalized spacial score (nSPS) is 11.7. The van der Waals surface area contributed by atoms with Gasteiger partial charge in [0.15, 0.2) is 4.80 Å². The van der Waals surface area contributed by atoms with E-state index in [0.717, 1.165) is 32.7 Å². The number of hydrogen-bond donors (Lipinski definition) is 0. The highest BCUT2D eigenvalue weighted by Gasteiger charge is 2.10. The van der Waals surface area contributed by atoms with E-state index < -0.39 is 0 Å². The first kappa shape index (κ1) is 18.1. The summed E-state index contributed by atoms with van der Waals surface area (Å²) in [5, 5.41) is 0. The first-order chi connectivity index (χ1) is 12.5. The van der Waals surface area contributed by atoms with Crippen molar-refractivity contribution < 1.29 is 9.53 Å². The highest BCUT2D eigenvalue weighted by atomic mass is 32.1. The van der Waals surface area contributed by atoms with Gasteiger partial charge in [-0.1, -0.05) is 41.2 Å². The smallest absolute Gasteiger partial charge is 0.252 e. The first-order valence-electron chi connectivity index (χ1n) is 8.44. The van der Waals surface area contributed by atoms with Crippen molar-refractivity contribution in [2.75, 3.05) is 7.11 Å². The van der Waals surface area contributed by atoms with E-state index in [1.54, 1.807) is 7.11 Å². The molecule has 2 aromatic carbocycles. The Hall–Kier alpha value is -2.66. The van der Waals surface area contributed by atoms with Crippen LogP contribution in [0.5, 0.6) is 5.75 Å². The van der Waals surface area contributed by atoms with Crippen LogP contribution in [0.1, 0.15) is 16.7 Å². The van der Waals surface area contributed by atoms with Crippen molar-refractivity contribution in [3.63, 3.8) is 0 Å². The number of amides is 1. The van der Waals surface area contributed by atoms with E-state index in [2.05, 4.69) is 23.7 Å². The van der Waals surface area contributed by atoms with Crippen LogP contribution in [0, 0.1) is 13.8 Å². The zero-order chi connectivity index (χ0) is 18.7. The molecule has 26 heavy (non-hydrogen) atoms. The lowest BCUT2D eigenvalue weighted by Crippen LogP contribution is -2.17. The number of carbonyl (C=O) groups excluding carboxylic acids is 1. The molecule has 134 valence electrons. The van der Waals surface area contributed by atoms with Crippen molar-refractivity contribution in [1.29, 1.82) is 0 Å². The van der Waals surface area contributed by atoms with Gasteiger partial charge in [-0.2, -0.15) is 4.99 Å². The third-order valence-electron chi connectivity index (χ3n) is 4.27. The molecule has 0 saturated heterocycles. The number of aromatic nitrogens is 1. The summed E-state index contributed by atoms with van der Waals surface area (Å²) >= 11 is 1.49. The zero-order valence-electron chi connectivity index (χ0n) is 15.3. The Kier molecular flexibility index (Phi) is 5.38. The second-order valence-corrected chi connectivity index (χ2v) is 7.24. The van der Waals surface area contributed by atoms with Crippen LogP contribution in [0.25, 0.3) is 10.2 Å². The number of carbonyl (C=O) groups is 1. The van der Waals surface area contributed by atoms with Gasteiger partial charge in [0.05, 0.1) is 23.7 Å². The summed E-state index contributed by atoms with van der Waals surface area (Å²) in [6, 6.07) is 12.0. The fraction of sp³-hybridized carbons (Fsp3) is 0.238. The maximum absolute atomic E-state index is 12.6. The van der Waals surface area contributed by atoms with E-state index in [0.29, 0.717) is 17.8 Å². The Bertz CT molecular complexity index is 1040. The van der Waals surface area contributed by atoms with Crippen molar-refractivity contribution in [1.82, 2.24) is 4.57 Å². The number of fused-ring (bicyclic) bond motifs is 1. The SMILES string of the molecule is C=CCn1c(=NC(=O)Cc2cc(C)ccc2C)sc2cc(OC)ccc21. The second kappa shape index (κ2) is 7.70.